The van der Waals surface area contributed by atoms with Gasteiger partial charge in [-0.3, -0.25) is 4.79 Å². The Labute approximate surface area is 110 Å². The Bertz CT molecular complexity index is 476. The third-order valence-electron chi connectivity index (χ3n) is 3.11. The van der Waals surface area contributed by atoms with Crippen LogP contribution in [-0.4, -0.2) is 19.6 Å². The number of benzene rings is 1. The number of hydrogen-bond donors (Lipinski definition) is 1. The van der Waals surface area contributed by atoms with Crippen molar-refractivity contribution in [1.29, 1.82) is 0 Å². The van der Waals surface area contributed by atoms with Gasteiger partial charge in [0.1, 0.15) is 5.75 Å². The summed E-state index contributed by atoms with van der Waals surface area (Å²) in [7, 11) is 1.58. The molecule has 0 saturated carbocycles. The van der Waals surface area contributed by atoms with Crippen LogP contribution in [0.25, 0.3) is 0 Å². The highest BCUT2D eigenvalue weighted by Gasteiger charge is 2.39. The van der Waals surface area contributed by atoms with E-state index >= 15 is 0 Å². The van der Waals surface area contributed by atoms with Gasteiger partial charge in [0.2, 0.25) is 5.91 Å². The molecule has 1 N–H and O–H groups in total. The number of methoxy groups -OCH3 is 1. The van der Waals surface area contributed by atoms with Crippen LogP contribution in [0.5, 0.6) is 5.75 Å². The molecule has 1 aromatic carbocycles. The smallest absolute Gasteiger partial charge is 0.220 e. The highest BCUT2D eigenvalue weighted by molar-refractivity contribution is 6.42. The fourth-order valence-corrected chi connectivity index (χ4v) is 2.76. The van der Waals surface area contributed by atoms with Crippen molar-refractivity contribution in [3.05, 3.63) is 27.7 Å². The third-order valence-corrected chi connectivity index (χ3v) is 3.91. The largest absolute Gasteiger partial charge is 0.496 e. The minimum absolute atomic E-state index is 0.0191. The second kappa shape index (κ2) is 4.39. The molecular formula is C12H13Cl2NO2. The van der Waals surface area contributed by atoms with Crippen LogP contribution in [0.4, 0.5) is 0 Å². The molecule has 1 aromatic rings. The summed E-state index contributed by atoms with van der Waals surface area (Å²) in [5, 5.41) is 3.75. The summed E-state index contributed by atoms with van der Waals surface area (Å²) < 4.78 is 5.31. The molecule has 1 amide bonds. The summed E-state index contributed by atoms with van der Waals surface area (Å²) in [5.74, 6) is 0.684. The van der Waals surface area contributed by atoms with Crippen molar-refractivity contribution in [2.24, 2.45) is 0 Å². The van der Waals surface area contributed by atoms with Gasteiger partial charge in [0.05, 0.1) is 17.2 Å². The van der Waals surface area contributed by atoms with E-state index in [1.807, 2.05) is 6.92 Å². The summed E-state index contributed by atoms with van der Waals surface area (Å²) in [6, 6.07) is 3.47. The maximum Gasteiger partial charge on any atom is 0.220 e. The second-order valence-corrected chi connectivity index (χ2v) is 5.24. The number of rotatable bonds is 2. The van der Waals surface area contributed by atoms with Crippen LogP contribution in [-0.2, 0) is 10.2 Å². The average Bonchev–Trinajstić information content (AvgIpc) is 2.63. The van der Waals surface area contributed by atoms with Gasteiger partial charge < -0.3 is 10.1 Å². The molecule has 0 radical (unpaired) electrons. The molecule has 5 heteroatoms. The molecule has 1 unspecified atom stereocenters. The number of amides is 1. The Morgan fingerprint density at radius 3 is 2.65 bits per heavy atom. The molecule has 1 aliphatic heterocycles. The molecule has 0 bridgehead atoms. The standard InChI is InChI=1S/C12H13Cl2NO2/c1-12(5-9(16)15-6-12)10-8(17-2)4-3-7(13)11(10)14/h3-4H,5-6H2,1-2H3,(H,15,16). The van der Waals surface area contributed by atoms with Crippen molar-refractivity contribution in [2.45, 2.75) is 18.8 Å². The molecule has 92 valence electrons. The minimum atomic E-state index is -0.371. The SMILES string of the molecule is COc1ccc(Cl)c(Cl)c1C1(C)CNC(=O)C1. The van der Waals surface area contributed by atoms with Gasteiger partial charge in [-0.1, -0.05) is 30.1 Å². The number of carbonyl (C=O) groups is 1. The first-order valence-corrected chi connectivity index (χ1v) is 6.03. The molecule has 2 rings (SSSR count). The lowest BCUT2D eigenvalue weighted by Crippen LogP contribution is -2.26. The van der Waals surface area contributed by atoms with Gasteiger partial charge in [0, 0.05) is 23.9 Å². The zero-order valence-corrected chi connectivity index (χ0v) is 11.2. The topological polar surface area (TPSA) is 38.3 Å². The predicted molar refractivity (Wildman–Crippen MR) is 68.0 cm³/mol. The molecule has 1 saturated heterocycles. The summed E-state index contributed by atoms with van der Waals surface area (Å²) in [6.45, 7) is 2.52. The summed E-state index contributed by atoms with van der Waals surface area (Å²) in [5.41, 5.74) is 0.428. The van der Waals surface area contributed by atoms with E-state index < -0.39 is 0 Å². The van der Waals surface area contributed by atoms with E-state index in [0.717, 1.165) is 5.56 Å². The first-order chi connectivity index (χ1) is 7.98. The summed E-state index contributed by atoms with van der Waals surface area (Å²) >= 11 is 12.3. The van der Waals surface area contributed by atoms with Gasteiger partial charge in [0.25, 0.3) is 0 Å². The van der Waals surface area contributed by atoms with Crippen LogP contribution < -0.4 is 10.1 Å². The second-order valence-electron chi connectivity index (χ2n) is 4.45. The van der Waals surface area contributed by atoms with Gasteiger partial charge in [-0.2, -0.15) is 0 Å². The van der Waals surface area contributed by atoms with Crippen molar-refractivity contribution >= 4 is 29.1 Å². The highest BCUT2D eigenvalue weighted by Crippen LogP contribution is 2.43. The number of nitrogens with one attached hydrogen (secondary N) is 1. The van der Waals surface area contributed by atoms with Crippen molar-refractivity contribution in [3.8, 4) is 5.75 Å². The number of halogens is 2. The van der Waals surface area contributed by atoms with Gasteiger partial charge in [-0.15, -0.1) is 0 Å². The van der Waals surface area contributed by atoms with Crippen LogP contribution in [0.3, 0.4) is 0 Å². The monoisotopic (exact) mass is 273 g/mol. The molecule has 0 spiro atoms. The Hall–Kier alpha value is -0.930. The number of carbonyl (C=O) groups excluding carboxylic acids is 1. The molecule has 3 nitrogen and oxygen atoms in total. The number of ether oxygens (including phenoxy) is 1. The minimum Gasteiger partial charge on any atom is -0.496 e. The molecule has 1 fully saturated rings. The zero-order valence-electron chi connectivity index (χ0n) is 9.64. The van der Waals surface area contributed by atoms with Crippen LogP contribution in [0.15, 0.2) is 12.1 Å². The number of hydrogen-bond acceptors (Lipinski definition) is 2. The normalized spacial score (nSPS) is 23.6. The fraction of sp³-hybridized carbons (Fsp3) is 0.417. The predicted octanol–water partition coefficient (Wildman–Crippen LogP) is 2.78. The maximum absolute atomic E-state index is 11.4. The lowest BCUT2D eigenvalue weighted by Gasteiger charge is -2.26. The lowest BCUT2D eigenvalue weighted by atomic mass is 9.81. The molecule has 17 heavy (non-hydrogen) atoms. The summed E-state index contributed by atoms with van der Waals surface area (Å²) in [6.07, 6.45) is 0.392. The first-order valence-electron chi connectivity index (χ1n) is 5.27. The van der Waals surface area contributed by atoms with Crippen molar-refractivity contribution in [3.63, 3.8) is 0 Å². The van der Waals surface area contributed by atoms with Crippen LogP contribution >= 0.6 is 23.2 Å². The maximum atomic E-state index is 11.4. The molecule has 1 atom stereocenters. The fourth-order valence-electron chi connectivity index (χ4n) is 2.22. The van der Waals surface area contributed by atoms with E-state index in [-0.39, 0.29) is 11.3 Å². The molecule has 1 aliphatic rings. The molecular weight excluding hydrogens is 261 g/mol. The third kappa shape index (κ3) is 2.09. The van der Waals surface area contributed by atoms with E-state index in [1.165, 1.54) is 0 Å². The Morgan fingerprint density at radius 1 is 1.41 bits per heavy atom. The van der Waals surface area contributed by atoms with Crippen LogP contribution in [0.2, 0.25) is 10.0 Å². The van der Waals surface area contributed by atoms with E-state index in [4.69, 9.17) is 27.9 Å². The van der Waals surface area contributed by atoms with Gasteiger partial charge >= 0.3 is 0 Å². The zero-order chi connectivity index (χ0) is 12.6. The Balaban J connectivity index is 2.57. The quantitative estimate of drug-likeness (QED) is 0.900. The van der Waals surface area contributed by atoms with E-state index in [2.05, 4.69) is 5.32 Å². The van der Waals surface area contributed by atoms with E-state index in [9.17, 15) is 4.79 Å². The molecule has 1 heterocycles. The van der Waals surface area contributed by atoms with Gasteiger partial charge in [-0.05, 0) is 12.1 Å². The highest BCUT2D eigenvalue weighted by atomic mass is 35.5. The van der Waals surface area contributed by atoms with Crippen molar-refractivity contribution in [1.82, 2.24) is 5.32 Å². The van der Waals surface area contributed by atoms with Gasteiger partial charge in [0.15, 0.2) is 0 Å². The van der Waals surface area contributed by atoms with E-state index in [1.54, 1.807) is 19.2 Å². The summed E-state index contributed by atoms with van der Waals surface area (Å²) in [4.78, 5) is 11.4. The van der Waals surface area contributed by atoms with E-state index in [0.29, 0.717) is 28.8 Å². The Kier molecular flexibility index (Phi) is 3.23. The Morgan fingerprint density at radius 2 is 2.12 bits per heavy atom. The lowest BCUT2D eigenvalue weighted by molar-refractivity contribution is -0.119. The van der Waals surface area contributed by atoms with Gasteiger partial charge in [-0.25, -0.2) is 0 Å². The van der Waals surface area contributed by atoms with Crippen LogP contribution in [0.1, 0.15) is 18.9 Å². The molecule has 0 aromatic heterocycles. The van der Waals surface area contributed by atoms with Crippen molar-refractivity contribution in [2.75, 3.05) is 13.7 Å². The van der Waals surface area contributed by atoms with Crippen LogP contribution in [0, 0.1) is 0 Å². The average molecular weight is 274 g/mol. The first kappa shape index (κ1) is 12.5. The molecule has 0 aliphatic carbocycles. The van der Waals surface area contributed by atoms with Crippen molar-refractivity contribution < 1.29 is 9.53 Å².